The Hall–Kier alpha value is -3.33. The van der Waals surface area contributed by atoms with Gasteiger partial charge in [-0.15, -0.1) is 23.9 Å². The third-order valence-corrected chi connectivity index (χ3v) is 4.85. The summed E-state index contributed by atoms with van der Waals surface area (Å²) >= 11 is 5.41. The first-order chi connectivity index (χ1) is 16.4. The Morgan fingerprint density at radius 1 is 0.914 bits per heavy atom. The smallest absolute Gasteiger partial charge is 0.305 e. The molecule has 0 aliphatic rings. The molecule has 0 unspecified atom stereocenters. The molecule has 12 nitrogen and oxygen atoms in total. The van der Waals surface area contributed by atoms with Gasteiger partial charge in [0, 0.05) is 13.0 Å². The highest BCUT2D eigenvalue weighted by Gasteiger charge is 2.31. The summed E-state index contributed by atoms with van der Waals surface area (Å²) in [5.41, 5.74) is 5.34. The lowest BCUT2D eigenvalue weighted by Gasteiger charge is -2.25. The van der Waals surface area contributed by atoms with Gasteiger partial charge in [0.1, 0.15) is 24.0 Å². The fourth-order valence-electron chi connectivity index (χ4n) is 2.92. The Bertz CT molecular complexity index is 813. The molecule has 0 aliphatic heterocycles. The van der Waals surface area contributed by atoms with Crippen LogP contribution in [0, 0.1) is 18.3 Å². The number of primary amides is 1. The van der Waals surface area contributed by atoms with Gasteiger partial charge in [-0.25, -0.2) is 0 Å². The van der Waals surface area contributed by atoms with Gasteiger partial charge in [-0.1, -0.05) is 13.8 Å². The second-order valence-electron chi connectivity index (χ2n) is 8.22. The van der Waals surface area contributed by atoms with Crippen LogP contribution in [0.15, 0.2) is 0 Å². The normalized spacial score (nSPS) is 13.0. The largest absolute Gasteiger partial charge is 0.481 e. The molecule has 0 spiro atoms. The summed E-state index contributed by atoms with van der Waals surface area (Å²) in [5.74, 6) is -3.41. The van der Waals surface area contributed by atoms with Crippen molar-refractivity contribution in [2.45, 2.75) is 70.5 Å². The molecule has 7 N–H and O–H groups in total. The lowest BCUT2D eigenvalue weighted by Crippen LogP contribution is -2.57. The molecule has 5 amide bonds. The number of alkyl halides is 1. The van der Waals surface area contributed by atoms with E-state index < -0.39 is 72.4 Å². The number of rotatable bonds is 17. The average molecular weight is 516 g/mol. The Morgan fingerprint density at radius 2 is 1.51 bits per heavy atom. The average Bonchev–Trinajstić information content (AvgIpc) is 2.76. The van der Waals surface area contributed by atoms with Crippen molar-refractivity contribution in [2.24, 2.45) is 11.7 Å². The van der Waals surface area contributed by atoms with Gasteiger partial charge in [0.05, 0.1) is 12.8 Å². The summed E-state index contributed by atoms with van der Waals surface area (Å²) in [7, 11) is 0. The lowest BCUT2D eigenvalue weighted by atomic mass is 10.0. The third-order valence-electron chi connectivity index (χ3n) is 4.61. The van der Waals surface area contributed by atoms with Crippen LogP contribution in [0.3, 0.4) is 0 Å². The van der Waals surface area contributed by atoms with Gasteiger partial charge < -0.3 is 32.1 Å². The number of terminal acetylenes is 1. The molecule has 0 heterocycles. The summed E-state index contributed by atoms with van der Waals surface area (Å²) in [4.78, 5) is 72.1. The number of aliphatic carboxylic acids is 1. The van der Waals surface area contributed by atoms with E-state index in [-0.39, 0.29) is 12.3 Å². The van der Waals surface area contributed by atoms with Gasteiger partial charge in [-0.05, 0) is 25.2 Å². The monoisotopic (exact) mass is 515 g/mol. The lowest BCUT2D eigenvalue weighted by molar-refractivity contribution is -0.141. The Morgan fingerprint density at radius 3 is 2.03 bits per heavy atom. The molecule has 0 radical (unpaired) electrons. The van der Waals surface area contributed by atoms with Crippen LogP contribution < -0.4 is 27.0 Å². The molecule has 0 bridgehead atoms. The highest BCUT2D eigenvalue weighted by Crippen LogP contribution is 2.07. The summed E-state index contributed by atoms with van der Waals surface area (Å²) in [6.07, 6.45) is 6.06. The van der Waals surface area contributed by atoms with Gasteiger partial charge in [0.2, 0.25) is 29.5 Å². The Labute approximate surface area is 209 Å². The highest BCUT2D eigenvalue weighted by atomic mass is 35.5. The number of carbonyl (C=O) groups excluding carboxylic acids is 5. The zero-order valence-corrected chi connectivity index (χ0v) is 20.7. The maximum absolute atomic E-state index is 12.9. The van der Waals surface area contributed by atoms with Crippen molar-refractivity contribution in [3.8, 4) is 12.3 Å². The van der Waals surface area contributed by atoms with E-state index in [1.54, 1.807) is 13.8 Å². The van der Waals surface area contributed by atoms with Crippen molar-refractivity contribution < 1.29 is 33.9 Å². The van der Waals surface area contributed by atoms with E-state index in [9.17, 15) is 28.8 Å². The minimum absolute atomic E-state index is 0.0975. The van der Waals surface area contributed by atoms with Crippen molar-refractivity contribution in [3.05, 3.63) is 0 Å². The molecule has 35 heavy (non-hydrogen) atoms. The topological polar surface area (TPSA) is 197 Å². The van der Waals surface area contributed by atoms with E-state index >= 15 is 0 Å². The number of halogens is 1. The molecule has 196 valence electrons. The zero-order chi connectivity index (χ0) is 27.0. The van der Waals surface area contributed by atoms with Crippen molar-refractivity contribution in [3.63, 3.8) is 0 Å². The van der Waals surface area contributed by atoms with E-state index in [2.05, 4.69) is 27.2 Å². The van der Waals surface area contributed by atoms with Gasteiger partial charge in [-0.3, -0.25) is 28.8 Å². The number of carbonyl (C=O) groups is 6. The van der Waals surface area contributed by atoms with Crippen LogP contribution in [0.25, 0.3) is 0 Å². The first kappa shape index (κ1) is 31.7. The summed E-state index contributed by atoms with van der Waals surface area (Å²) in [6.45, 7) is 3.89. The van der Waals surface area contributed by atoms with Gasteiger partial charge in [0.25, 0.3) is 0 Å². The number of nitrogens with two attached hydrogens (primary N) is 1. The number of unbranched alkanes of at least 4 members (excludes halogenated alkanes) is 2. The second-order valence-corrected chi connectivity index (χ2v) is 8.49. The molecule has 0 fully saturated rings. The first-order valence-electron chi connectivity index (χ1n) is 11.1. The maximum atomic E-state index is 12.9. The van der Waals surface area contributed by atoms with Crippen LogP contribution in [-0.2, 0) is 28.8 Å². The number of carboxylic acids is 1. The molecular weight excluding hydrogens is 482 g/mol. The number of nitrogens with one attached hydrogen (secondary N) is 4. The Kier molecular flexibility index (Phi) is 15.5. The number of amides is 5. The molecule has 0 saturated heterocycles. The minimum Gasteiger partial charge on any atom is -0.481 e. The van der Waals surface area contributed by atoms with Crippen molar-refractivity contribution in [2.75, 3.05) is 12.4 Å². The molecule has 3 atom stereocenters. The molecule has 0 aromatic heterocycles. The maximum Gasteiger partial charge on any atom is 0.305 e. The fourth-order valence-corrected chi connectivity index (χ4v) is 3.00. The molecule has 0 saturated carbocycles. The van der Waals surface area contributed by atoms with Crippen molar-refractivity contribution >= 4 is 47.1 Å². The van der Waals surface area contributed by atoms with Crippen LogP contribution in [0.5, 0.6) is 0 Å². The van der Waals surface area contributed by atoms with Crippen LogP contribution in [0.2, 0.25) is 0 Å². The standard InChI is InChI=1S/C22H34ClN5O7/c1-4-5-6-7-8-25-17(29)10-14(20(24)33)27-21(34)15(9-13(2)3)28-22(35)16(11-19(31)32)26-18(30)12-23/h1,13-16H,5-12H2,2-3H3,(H2,24,33)(H,25,29)(H,26,30)(H,27,34)(H,28,35)(H,31,32)/t14-,15-,16-/m0/s1. The van der Waals surface area contributed by atoms with E-state index in [4.69, 9.17) is 28.9 Å². The minimum atomic E-state index is -1.48. The van der Waals surface area contributed by atoms with E-state index in [0.717, 1.165) is 6.42 Å². The van der Waals surface area contributed by atoms with Crippen LogP contribution in [0.4, 0.5) is 0 Å². The predicted octanol–water partition coefficient (Wildman–Crippen LogP) is -1.00. The van der Waals surface area contributed by atoms with Gasteiger partial charge >= 0.3 is 5.97 Å². The van der Waals surface area contributed by atoms with Crippen molar-refractivity contribution in [1.82, 2.24) is 21.3 Å². The Balaban J connectivity index is 5.28. The number of hydrogen-bond acceptors (Lipinski definition) is 6. The molecule has 0 aliphatic carbocycles. The highest BCUT2D eigenvalue weighted by molar-refractivity contribution is 6.27. The fraction of sp³-hybridized carbons (Fsp3) is 0.636. The van der Waals surface area contributed by atoms with Gasteiger partial charge in [0.15, 0.2) is 0 Å². The number of carboxylic acid groups (broad SMARTS) is 1. The summed E-state index contributed by atoms with van der Waals surface area (Å²) in [5, 5.41) is 18.6. The summed E-state index contributed by atoms with van der Waals surface area (Å²) < 4.78 is 0. The quantitative estimate of drug-likeness (QED) is 0.0810. The van der Waals surface area contributed by atoms with Crippen molar-refractivity contribution in [1.29, 1.82) is 0 Å². The SMILES string of the molecule is C#CCCCCNC(=O)C[C@H](NC(=O)[C@H](CC(C)C)NC(=O)[C@H](CC(=O)O)NC(=O)CCl)C(N)=O. The van der Waals surface area contributed by atoms with Crippen LogP contribution >= 0.6 is 11.6 Å². The third kappa shape index (κ3) is 14.5. The van der Waals surface area contributed by atoms with E-state index in [1.807, 2.05) is 0 Å². The summed E-state index contributed by atoms with van der Waals surface area (Å²) in [6, 6.07) is -4.01. The van der Waals surface area contributed by atoms with Gasteiger partial charge in [-0.2, -0.15) is 0 Å². The molecule has 0 aromatic rings. The molecule has 13 heteroatoms. The molecule has 0 aromatic carbocycles. The number of hydrogen-bond donors (Lipinski definition) is 6. The predicted molar refractivity (Wildman–Crippen MR) is 128 cm³/mol. The second kappa shape index (κ2) is 17.2. The van der Waals surface area contributed by atoms with Crippen LogP contribution in [0.1, 0.15) is 52.4 Å². The van der Waals surface area contributed by atoms with Crippen LogP contribution in [-0.4, -0.2) is 71.2 Å². The molecule has 0 rings (SSSR count). The van der Waals surface area contributed by atoms with E-state index in [0.29, 0.717) is 19.4 Å². The van der Waals surface area contributed by atoms with E-state index in [1.165, 1.54) is 0 Å². The molecular formula is C22H34ClN5O7. The first-order valence-corrected chi connectivity index (χ1v) is 11.6. The zero-order valence-electron chi connectivity index (χ0n) is 19.9.